The van der Waals surface area contributed by atoms with E-state index in [0.29, 0.717) is 17.9 Å². The Morgan fingerprint density at radius 1 is 0.967 bits per heavy atom. The van der Waals surface area contributed by atoms with Crippen LogP contribution in [-0.2, 0) is 9.59 Å². The Labute approximate surface area is 177 Å². The van der Waals surface area contributed by atoms with Gasteiger partial charge < -0.3 is 15.5 Å². The lowest BCUT2D eigenvalue weighted by atomic mass is 10.1. The Kier molecular flexibility index (Phi) is 7.41. The van der Waals surface area contributed by atoms with Crippen molar-refractivity contribution in [1.29, 1.82) is 0 Å². The van der Waals surface area contributed by atoms with Gasteiger partial charge in [-0.1, -0.05) is 24.3 Å². The Morgan fingerprint density at radius 2 is 1.70 bits per heavy atom. The van der Waals surface area contributed by atoms with Crippen molar-refractivity contribution in [3.8, 4) is 0 Å². The molecule has 0 saturated carbocycles. The van der Waals surface area contributed by atoms with Crippen molar-refractivity contribution in [1.82, 2.24) is 10.2 Å². The lowest BCUT2D eigenvalue weighted by molar-refractivity contribution is -0.136. The predicted octanol–water partition coefficient (Wildman–Crippen LogP) is 2.71. The fraction of sp³-hybridized carbons (Fsp3) is 0.391. The number of amides is 2. The topological polar surface area (TPSA) is 64.7 Å². The lowest BCUT2D eigenvalue weighted by Crippen LogP contribution is -2.47. The molecule has 0 aromatic heterocycles. The van der Waals surface area contributed by atoms with Crippen molar-refractivity contribution in [2.45, 2.75) is 20.3 Å². The molecule has 0 spiro atoms. The molecule has 2 aromatic rings. The van der Waals surface area contributed by atoms with Gasteiger partial charge in [-0.05, 0) is 56.1 Å². The second-order valence-electron chi connectivity index (χ2n) is 7.59. The number of aryl methyl sites for hydroxylation is 1. The number of benzene rings is 2. The average Bonchev–Trinajstić information content (AvgIpc) is 2.75. The highest BCUT2D eigenvalue weighted by Crippen LogP contribution is 2.20. The van der Waals surface area contributed by atoms with E-state index in [1.165, 1.54) is 6.07 Å². The summed E-state index contributed by atoms with van der Waals surface area (Å²) in [5.74, 6) is -1.46. The van der Waals surface area contributed by atoms with E-state index in [2.05, 4.69) is 20.4 Å². The number of nitrogens with one attached hydrogen (secondary N) is 2. The smallest absolute Gasteiger partial charge is 0.313 e. The summed E-state index contributed by atoms with van der Waals surface area (Å²) < 4.78 is 13.9. The van der Waals surface area contributed by atoms with E-state index in [0.717, 1.165) is 50.3 Å². The number of para-hydroxylation sites is 1. The molecule has 0 radical (unpaired) electrons. The van der Waals surface area contributed by atoms with Crippen LogP contribution in [0.3, 0.4) is 0 Å². The van der Waals surface area contributed by atoms with Gasteiger partial charge in [-0.25, -0.2) is 4.39 Å². The van der Waals surface area contributed by atoms with Crippen LogP contribution in [0.4, 0.5) is 15.8 Å². The summed E-state index contributed by atoms with van der Waals surface area (Å²) >= 11 is 0. The molecule has 0 unspecified atom stereocenters. The van der Waals surface area contributed by atoms with Crippen LogP contribution in [0.25, 0.3) is 0 Å². The van der Waals surface area contributed by atoms with E-state index in [4.69, 9.17) is 0 Å². The first-order valence-electron chi connectivity index (χ1n) is 10.3. The summed E-state index contributed by atoms with van der Waals surface area (Å²) in [7, 11) is 0. The zero-order valence-electron chi connectivity index (χ0n) is 17.6. The summed E-state index contributed by atoms with van der Waals surface area (Å²) in [5.41, 5.74) is 3.32. The highest BCUT2D eigenvalue weighted by Gasteiger charge is 2.19. The number of piperazine rings is 1. The molecular formula is C23H29FN4O2. The first-order chi connectivity index (χ1) is 14.5. The normalized spacial score (nSPS) is 14.4. The van der Waals surface area contributed by atoms with Crippen LogP contribution in [0.5, 0.6) is 0 Å². The van der Waals surface area contributed by atoms with Crippen molar-refractivity contribution in [2.24, 2.45) is 0 Å². The van der Waals surface area contributed by atoms with Crippen LogP contribution >= 0.6 is 0 Å². The molecule has 0 atom stereocenters. The molecular weight excluding hydrogens is 383 g/mol. The maximum absolute atomic E-state index is 13.9. The van der Waals surface area contributed by atoms with E-state index in [-0.39, 0.29) is 5.82 Å². The zero-order chi connectivity index (χ0) is 21.5. The fourth-order valence-corrected chi connectivity index (χ4v) is 3.57. The molecule has 2 amide bonds. The average molecular weight is 413 g/mol. The van der Waals surface area contributed by atoms with Crippen molar-refractivity contribution in [3.63, 3.8) is 0 Å². The monoisotopic (exact) mass is 412 g/mol. The minimum absolute atomic E-state index is 0.187. The van der Waals surface area contributed by atoms with Crippen LogP contribution in [0.1, 0.15) is 17.5 Å². The van der Waals surface area contributed by atoms with E-state index in [1.54, 1.807) is 12.1 Å². The fourth-order valence-electron chi connectivity index (χ4n) is 3.57. The number of rotatable bonds is 6. The molecule has 1 aliphatic heterocycles. The second-order valence-corrected chi connectivity index (χ2v) is 7.59. The Bertz CT molecular complexity index is 895. The first kappa shape index (κ1) is 21.8. The minimum Gasteiger partial charge on any atom is -0.367 e. The van der Waals surface area contributed by atoms with Gasteiger partial charge in [-0.3, -0.25) is 14.5 Å². The molecule has 2 aromatic carbocycles. The van der Waals surface area contributed by atoms with Gasteiger partial charge in [0.1, 0.15) is 5.82 Å². The van der Waals surface area contributed by atoms with Crippen LogP contribution < -0.4 is 15.5 Å². The van der Waals surface area contributed by atoms with Gasteiger partial charge in [0.25, 0.3) is 0 Å². The zero-order valence-corrected chi connectivity index (χ0v) is 17.6. The minimum atomic E-state index is -0.651. The quantitative estimate of drug-likeness (QED) is 0.566. The lowest BCUT2D eigenvalue weighted by Gasteiger charge is -2.36. The van der Waals surface area contributed by atoms with Crippen LogP contribution in [0.2, 0.25) is 0 Å². The van der Waals surface area contributed by atoms with E-state index in [9.17, 15) is 14.0 Å². The number of carbonyl (C=O) groups excluding carboxylic acids is 2. The van der Waals surface area contributed by atoms with Gasteiger partial charge in [0.05, 0.1) is 5.69 Å². The van der Waals surface area contributed by atoms with E-state index < -0.39 is 11.8 Å². The molecule has 6 nitrogen and oxygen atoms in total. The summed E-state index contributed by atoms with van der Waals surface area (Å²) in [6.45, 7) is 8.36. The van der Waals surface area contributed by atoms with Gasteiger partial charge in [0.2, 0.25) is 0 Å². The number of nitrogens with zero attached hydrogens (tertiary/aromatic N) is 2. The van der Waals surface area contributed by atoms with Gasteiger partial charge in [-0.15, -0.1) is 0 Å². The molecule has 0 aliphatic carbocycles. The van der Waals surface area contributed by atoms with E-state index in [1.807, 2.05) is 38.1 Å². The van der Waals surface area contributed by atoms with Gasteiger partial charge in [0.15, 0.2) is 0 Å². The molecule has 1 saturated heterocycles. The Balaban J connectivity index is 1.35. The third kappa shape index (κ3) is 5.57. The second kappa shape index (κ2) is 10.2. The van der Waals surface area contributed by atoms with Crippen molar-refractivity contribution >= 4 is 23.2 Å². The third-order valence-corrected chi connectivity index (χ3v) is 5.56. The summed E-state index contributed by atoms with van der Waals surface area (Å²) in [6.07, 6.45) is 0.752. The van der Waals surface area contributed by atoms with Gasteiger partial charge in [0, 0.05) is 38.4 Å². The molecule has 3 rings (SSSR count). The van der Waals surface area contributed by atoms with Crippen LogP contribution in [0, 0.1) is 19.7 Å². The Hall–Kier alpha value is -2.93. The first-order valence-corrected chi connectivity index (χ1v) is 10.3. The number of hydrogen-bond acceptors (Lipinski definition) is 4. The predicted molar refractivity (Wildman–Crippen MR) is 117 cm³/mol. The number of hydrogen-bond donors (Lipinski definition) is 2. The molecule has 0 bridgehead atoms. The van der Waals surface area contributed by atoms with E-state index >= 15 is 0 Å². The number of halogens is 1. The molecule has 7 heteroatoms. The van der Waals surface area contributed by atoms with Crippen molar-refractivity contribution < 1.29 is 14.0 Å². The van der Waals surface area contributed by atoms with Gasteiger partial charge >= 0.3 is 11.8 Å². The van der Waals surface area contributed by atoms with Crippen molar-refractivity contribution in [3.05, 3.63) is 59.4 Å². The molecule has 30 heavy (non-hydrogen) atoms. The molecule has 2 N–H and O–H groups in total. The number of anilines is 2. The van der Waals surface area contributed by atoms with Crippen molar-refractivity contribution in [2.75, 3.05) is 49.5 Å². The summed E-state index contributed by atoms with van der Waals surface area (Å²) in [6, 6.07) is 12.4. The molecule has 160 valence electrons. The Morgan fingerprint density at radius 3 is 2.43 bits per heavy atom. The highest BCUT2D eigenvalue weighted by molar-refractivity contribution is 6.39. The van der Waals surface area contributed by atoms with Crippen LogP contribution in [0.15, 0.2) is 42.5 Å². The summed E-state index contributed by atoms with van der Waals surface area (Å²) in [4.78, 5) is 28.5. The number of carbonyl (C=O) groups is 2. The molecule has 1 aliphatic rings. The summed E-state index contributed by atoms with van der Waals surface area (Å²) in [5, 5.41) is 5.35. The largest absolute Gasteiger partial charge is 0.367 e. The SMILES string of the molecule is Cc1cccc(NC(=O)C(=O)NCCCN2CCN(c3ccccc3F)CC2)c1C. The third-order valence-electron chi connectivity index (χ3n) is 5.56. The standard InChI is InChI=1S/C23H29FN4O2/c1-17-7-5-9-20(18(17)2)26-23(30)22(29)25-11-6-12-27-13-15-28(16-14-27)21-10-4-3-8-19(21)24/h3-5,7-10H,6,11-16H2,1-2H3,(H,25,29)(H,26,30). The maximum Gasteiger partial charge on any atom is 0.313 e. The molecule has 1 fully saturated rings. The van der Waals surface area contributed by atoms with Gasteiger partial charge in [-0.2, -0.15) is 0 Å². The highest BCUT2D eigenvalue weighted by atomic mass is 19.1. The maximum atomic E-state index is 13.9. The van der Waals surface area contributed by atoms with Crippen LogP contribution in [-0.4, -0.2) is 56.0 Å². The molecule has 1 heterocycles.